The van der Waals surface area contributed by atoms with Gasteiger partial charge in [-0.25, -0.2) is 14.4 Å². The van der Waals surface area contributed by atoms with E-state index in [9.17, 15) is 9.18 Å². The van der Waals surface area contributed by atoms with Crippen molar-refractivity contribution in [3.63, 3.8) is 0 Å². The number of nitrogens with zero attached hydrogens (tertiary/aromatic N) is 2. The van der Waals surface area contributed by atoms with Crippen LogP contribution in [0.4, 0.5) is 21.7 Å². The van der Waals surface area contributed by atoms with Crippen LogP contribution in [0.2, 0.25) is 0 Å². The van der Waals surface area contributed by atoms with Gasteiger partial charge in [0.25, 0.3) is 5.91 Å². The first kappa shape index (κ1) is 16.4. The minimum Gasteiger partial charge on any atom is -0.497 e. The molecule has 0 aliphatic heterocycles. The topological polar surface area (TPSA) is 76.1 Å². The predicted molar refractivity (Wildman–Crippen MR) is 92.7 cm³/mol. The Labute approximate surface area is 143 Å². The van der Waals surface area contributed by atoms with Gasteiger partial charge in [0.1, 0.15) is 17.3 Å². The zero-order chi connectivity index (χ0) is 17.6. The molecule has 2 N–H and O–H groups in total. The molecule has 0 fully saturated rings. The Morgan fingerprint density at radius 3 is 2.64 bits per heavy atom. The van der Waals surface area contributed by atoms with E-state index in [1.807, 2.05) is 18.2 Å². The maximum absolute atomic E-state index is 12.9. The van der Waals surface area contributed by atoms with Gasteiger partial charge in [0.2, 0.25) is 5.95 Å². The van der Waals surface area contributed by atoms with Gasteiger partial charge in [-0.3, -0.25) is 4.79 Å². The van der Waals surface area contributed by atoms with Crippen LogP contribution in [0, 0.1) is 5.82 Å². The number of hydrogen-bond acceptors (Lipinski definition) is 5. The van der Waals surface area contributed by atoms with Crippen molar-refractivity contribution in [2.75, 3.05) is 17.7 Å². The predicted octanol–water partition coefficient (Wildman–Crippen LogP) is 3.62. The number of carbonyl (C=O) groups is 1. The summed E-state index contributed by atoms with van der Waals surface area (Å²) in [4.78, 5) is 20.5. The van der Waals surface area contributed by atoms with Gasteiger partial charge in [-0.15, -0.1) is 0 Å². The second-order valence-corrected chi connectivity index (χ2v) is 5.08. The molecule has 0 aliphatic rings. The number of amides is 1. The van der Waals surface area contributed by atoms with Crippen LogP contribution < -0.4 is 15.4 Å². The van der Waals surface area contributed by atoms with Crippen LogP contribution in [0.1, 0.15) is 10.5 Å². The summed E-state index contributed by atoms with van der Waals surface area (Å²) < 4.78 is 18.1. The van der Waals surface area contributed by atoms with Gasteiger partial charge in [0, 0.05) is 23.6 Å². The molecule has 0 bridgehead atoms. The lowest BCUT2D eigenvalue weighted by Gasteiger charge is -2.08. The summed E-state index contributed by atoms with van der Waals surface area (Å²) in [5, 5.41) is 5.66. The van der Waals surface area contributed by atoms with Crippen molar-refractivity contribution in [3.05, 3.63) is 72.3 Å². The third kappa shape index (κ3) is 4.29. The van der Waals surface area contributed by atoms with Gasteiger partial charge in [-0.2, -0.15) is 0 Å². The molecule has 1 aromatic heterocycles. The van der Waals surface area contributed by atoms with E-state index in [0.717, 1.165) is 5.69 Å². The highest BCUT2D eigenvalue weighted by molar-refractivity contribution is 6.02. The summed E-state index contributed by atoms with van der Waals surface area (Å²) in [6.07, 6.45) is 1.48. The van der Waals surface area contributed by atoms with Gasteiger partial charge < -0.3 is 15.4 Å². The Hall–Kier alpha value is -3.48. The average molecular weight is 338 g/mol. The lowest BCUT2D eigenvalue weighted by atomic mass is 10.3. The lowest BCUT2D eigenvalue weighted by Crippen LogP contribution is -2.14. The van der Waals surface area contributed by atoms with Crippen molar-refractivity contribution >= 4 is 23.2 Å². The molecule has 0 aliphatic carbocycles. The standard InChI is InChI=1S/C18H15FN4O2/c1-25-15-4-2-3-14(11-15)22-18-20-10-9-16(23-18)17(24)21-13-7-5-12(19)6-8-13/h2-11H,1H3,(H,21,24)(H,20,22,23). The van der Waals surface area contributed by atoms with Crippen LogP contribution >= 0.6 is 0 Å². The Morgan fingerprint density at radius 2 is 1.88 bits per heavy atom. The fourth-order valence-corrected chi connectivity index (χ4v) is 2.10. The van der Waals surface area contributed by atoms with Crippen molar-refractivity contribution in [1.82, 2.24) is 9.97 Å². The molecule has 2 aromatic carbocycles. The minimum absolute atomic E-state index is 0.185. The number of ether oxygens (including phenoxy) is 1. The van der Waals surface area contributed by atoms with Crippen molar-refractivity contribution in [3.8, 4) is 5.75 Å². The molecule has 3 rings (SSSR count). The monoisotopic (exact) mass is 338 g/mol. The number of hydrogen-bond donors (Lipinski definition) is 2. The normalized spacial score (nSPS) is 10.2. The molecule has 0 saturated carbocycles. The van der Waals surface area contributed by atoms with Gasteiger partial charge in [-0.05, 0) is 42.5 Å². The lowest BCUT2D eigenvalue weighted by molar-refractivity contribution is 0.102. The van der Waals surface area contributed by atoms with Gasteiger partial charge in [-0.1, -0.05) is 6.07 Å². The molecule has 6 nitrogen and oxygen atoms in total. The van der Waals surface area contributed by atoms with Crippen LogP contribution in [0.5, 0.6) is 5.75 Å². The number of carbonyl (C=O) groups excluding carboxylic acids is 1. The van der Waals surface area contributed by atoms with Crippen molar-refractivity contribution < 1.29 is 13.9 Å². The van der Waals surface area contributed by atoms with Gasteiger partial charge >= 0.3 is 0 Å². The zero-order valence-electron chi connectivity index (χ0n) is 13.4. The number of aromatic nitrogens is 2. The number of rotatable bonds is 5. The zero-order valence-corrected chi connectivity index (χ0v) is 13.4. The fraction of sp³-hybridized carbons (Fsp3) is 0.0556. The van der Waals surface area contributed by atoms with Gasteiger partial charge in [0.15, 0.2) is 0 Å². The molecule has 1 amide bonds. The van der Waals surface area contributed by atoms with Crippen LogP contribution in [-0.4, -0.2) is 23.0 Å². The quantitative estimate of drug-likeness (QED) is 0.743. The smallest absolute Gasteiger partial charge is 0.274 e. The highest BCUT2D eigenvalue weighted by atomic mass is 19.1. The fourth-order valence-electron chi connectivity index (χ4n) is 2.10. The average Bonchev–Trinajstić information content (AvgIpc) is 2.64. The van der Waals surface area contributed by atoms with E-state index in [-0.39, 0.29) is 17.5 Å². The van der Waals surface area contributed by atoms with Crippen molar-refractivity contribution in [2.45, 2.75) is 0 Å². The highest BCUT2D eigenvalue weighted by Crippen LogP contribution is 2.19. The number of nitrogens with one attached hydrogen (secondary N) is 2. The van der Waals surface area contributed by atoms with Crippen LogP contribution in [0.15, 0.2) is 60.8 Å². The molecule has 1 heterocycles. The third-order valence-electron chi connectivity index (χ3n) is 3.32. The summed E-state index contributed by atoms with van der Waals surface area (Å²) >= 11 is 0. The van der Waals surface area contributed by atoms with Crippen molar-refractivity contribution in [2.24, 2.45) is 0 Å². The first-order valence-corrected chi connectivity index (χ1v) is 7.45. The summed E-state index contributed by atoms with van der Waals surface area (Å²) in [6, 6.07) is 14.2. The van der Waals surface area contributed by atoms with Gasteiger partial charge in [0.05, 0.1) is 7.11 Å². The molecule has 7 heteroatoms. The van der Waals surface area contributed by atoms with E-state index in [2.05, 4.69) is 20.6 Å². The van der Waals surface area contributed by atoms with E-state index < -0.39 is 5.91 Å². The minimum atomic E-state index is -0.414. The summed E-state index contributed by atoms with van der Waals surface area (Å²) in [5.41, 5.74) is 1.40. The molecule has 0 unspecified atom stereocenters. The van der Waals surface area contributed by atoms with Crippen LogP contribution in [0.25, 0.3) is 0 Å². The number of methoxy groups -OCH3 is 1. The first-order chi connectivity index (χ1) is 12.1. The maximum atomic E-state index is 12.9. The molecule has 0 spiro atoms. The second-order valence-electron chi connectivity index (χ2n) is 5.08. The molecular weight excluding hydrogens is 323 g/mol. The number of anilines is 3. The number of halogens is 1. The summed E-state index contributed by atoms with van der Waals surface area (Å²) in [6.45, 7) is 0. The third-order valence-corrected chi connectivity index (χ3v) is 3.32. The maximum Gasteiger partial charge on any atom is 0.274 e. The molecular formula is C18H15FN4O2. The van der Waals surface area contributed by atoms with E-state index in [4.69, 9.17) is 4.74 Å². The molecule has 0 saturated heterocycles. The Kier molecular flexibility index (Phi) is 4.84. The van der Waals surface area contributed by atoms with E-state index in [1.54, 1.807) is 13.2 Å². The Bertz CT molecular complexity index is 884. The summed E-state index contributed by atoms with van der Waals surface area (Å²) in [5.74, 6) is 0.183. The highest BCUT2D eigenvalue weighted by Gasteiger charge is 2.10. The summed E-state index contributed by atoms with van der Waals surface area (Å²) in [7, 11) is 1.58. The molecule has 3 aromatic rings. The molecule has 126 valence electrons. The molecule has 0 radical (unpaired) electrons. The largest absolute Gasteiger partial charge is 0.497 e. The number of benzene rings is 2. The Morgan fingerprint density at radius 1 is 1.08 bits per heavy atom. The SMILES string of the molecule is COc1cccc(Nc2nccc(C(=O)Nc3ccc(F)cc3)n2)c1. The second kappa shape index (κ2) is 7.39. The molecule has 25 heavy (non-hydrogen) atoms. The van der Waals surface area contributed by atoms with E-state index >= 15 is 0 Å². The van der Waals surface area contributed by atoms with Crippen LogP contribution in [0.3, 0.4) is 0 Å². The van der Waals surface area contributed by atoms with E-state index in [0.29, 0.717) is 11.4 Å². The van der Waals surface area contributed by atoms with E-state index in [1.165, 1.54) is 36.5 Å². The Balaban J connectivity index is 1.74. The van der Waals surface area contributed by atoms with Crippen LogP contribution in [-0.2, 0) is 0 Å². The van der Waals surface area contributed by atoms with Crippen molar-refractivity contribution in [1.29, 1.82) is 0 Å². The molecule has 0 atom stereocenters. The first-order valence-electron chi connectivity index (χ1n) is 7.45.